The number of nitrogens with zero attached hydrogens (tertiary/aromatic N) is 1. The van der Waals surface area contributed by atoms with Crippen LogP contribution in [0.15, 0.2) is 42.6 Å². The largest absolute Gasteiger partial charge is 0.493 e. The summed E-state index contributed by atoms with van der Waals surface area (Å²) in [6, 6.07) is 12.0. The van der Waals surface area contributed by atoms with Crippen molar-refractivity contribution in [3.63, 3.8) is 0 Å². The molecule has 1 aliphatic rings. The highest BCUT2D eigenvalue weighted by Crippen LogP contribution is 2.28. The van der Waals surface area contributed by atoms with Crippen LogP contribution in [0.3, 0.4) is 0 Å². The molecule has 1 aromatic carbocycles. The number of nitrogens with two attached hydrogens (primary N) is 2. The number of para-hydroxylation sites is 1. The van der Waals surface area contributed by atoms with Crippen molar-refractivity contribution in [1.82, 2.24) is 4.98 Å². The fourth-order valence-corrected chi connectivity index (χ4v) is 2.67. The molecule has 4 heteroatoms. The maximum Gasteiger partial charge on any atom is 0.126 e. The summed E-state index contributed by atoms with van der Waals surface area (Å²) < 4.78 is 5.80. The summed E-state index contributed by atoms with van der Waals surface area (Å²) in [5.41, 5.74) is 14.5. The lowest BCUT2D eigenvalue weighted by Gasteiger charge is -2.29. The molecule has 1 aromatic heterocycles. The number of rotatable bonds is 3. The van der Waals surface area contributed by atoms with Gasteiger partial charge in [-0.15, -0.1) is 0 Å². The summed E-state index contributed by atoms with van der Waals surface area (Å²) in [4.78, 5) is 4.10. The molecule has 0 saturated carbocycles. The van der Waals surface area contributed by atoms with Gasteiger partial charge in [0.1, 0.15) is 11.6 Å². The summed E-state index contributed by atoms with van der Waals surface area (Å²) >= 11 is 0. The average Bonchev–Trinajstić information content (AvgIpc) is 2.49. The molecule has 0 saturated heterocycles. The van der Waals surface area contributed by atoms with Gasteiger partial charge in [0.05, 0.1) is 6.61 Å². The molecule has 0 aliphatic carbocycles. The van der Waals surface area contributed by atoms with Crippen molar-refractivity contribution in [1.29, 1.82) is 0 Å². The molecule has 4 N–H and O–H groups in total. The van der Waals surface area contributed by atoms with Crippen molar-refractivity contribution in [3.8, 4) is 5.75 Å². The van der Waals surface area contributed by atoms with Gasteiger partial charge in [0.15, 0.2) is 0 Å². The Balaban J connectivity index is 1.70. The van der Waals surface area contributed by atoms with E-state index in [1.807, 2.05) is 30.3 Å². The summed E-state index contributed by atoms with van der Waals surface area (Å²) in [5, 5.41) is 0. The Kier molecular flexibility index (Phi) is 3.56. The quantitative estimate of drug-likeness (QED) is 0.890. The molecular weight excluding hydrogens is 250 g/mol. The van der Waals surface area contributed by atoms with Crippen LogP contribution in [0.25, 0.3) is 0 Å². The minimum absolute atomic E-state index is 0.0230. The van der Waals surface area contributed by atoms with Crippen LogP contribution in [-0.2, 0) is 12.8 Å². The Morgan fingerprint density at radius 1 is 1.25 bits per heavy atom. The molecule has 3 rings (SSSR count). The van der Waals surface area contributed by atoms with Crippen molar-refractivity contribution < 1.29 is 4.74 Å². The third-order valence-electron chi connectivity index (χ3n) is 3.89. The van der Waals surface area contributed by atoms with Crippen molar-refractivity contribution in [3.05, 3.63) is 53.7 Å². The molecular formula is C16H19N3O. The first kappa shape index (κ1) is 12.9. The van der Waals surface area contributed by atoms with E-state index in [0.717, 1.165) is 24.2 Å². The second kappa shape index (κ2) is 5.51. The Labute approximate surface area is 118 Å². The maximum atomic E-state index is 6.34. The minimum atomic E-state index is 0.0230. The second-order valence-electron chi connectivity index (χ2n) is 5.30. The number of hydrogen-bond donors (Lipinski definition) is 2. The van der Waals surface area contributed by atoms with E-state index in [1.165, 1.54) is 5.56 Å². The van der Waals surface area contributed by atoms with Crippen LogP contribution in [0.2, 0.25) is 0 Å². The van der Waals surface area contributed by atoms with Crippen LogP contribution < -0.4 is 16.2 Å². The zero-order chi connectivity index (χ0) is 13.9. The van der Waals surface area contributed by atoms with Crippen LogP contribution in [0.1, 0.15) is 11.1 Å². The Morgan fingerprint density at radius 2 is 2.10 bits per heavy atom. The van der Waals surface area contributed by atoms with Crippen molar-refractivity contribution in [2.45, 2.75) is 18.9 Å². The summed E-state index contributed by atoms with van der Waals surface area (Å²) in [6.07, 6.45) is 3.39. The van der Waals surface area contributed by atoms with Gasteiger partial charge in [-0.3, -0.25) is 0 Å². The van der Waals surface area contributed by atoms with E-state index in [0.29, 0.717) is 18.3 Å². The molecule has 104 valence electrons. The van der Waals surface area contributed by atoms with Crippen LogP contribution in [-0.4, -0.2) is 17.6 Å². The van der Waals surface area contributed by atoms with Crippen molar-refractivity contribution >= 4 is 5.82 Å². The van der Waals surface area contributed by atoms with Gasteiger partial charge in [0.25, 0.3) is 0 Å². The van der Waals surface area contributed by atoms with Gasteiger partial charge in [-0.05, 0) is 36.1 Å². The highest BCUT2D eigenvalue weighted by molar-refractivity contribution is 5.39. The number of benzene rings is 1. The molecule has 0 fully saturated rings. The third-order valence-corrected chi connectivity index (χ3v) is 3.89. The number of nitrogen functional groups attached to an aromatic ring is 1. The fourth-order valence-electron chi connectivity index (χ4n) is 2.67. The first-order valence-corrected chi connectivity index (χ1v) is 6.89. The lowest BCUT2D eigenvalue weighted by atomic mass is 9.87. The number of fused-ring (bicyclic) bond motifs is 1. The lowest BCUT2D eigenvalue weighted by Crippen LogP contribution is -2.39. The highest BCUT2D eigenvalue weighted by atomic mass is 16.5. The van der Waals surface area contributed by atoms with E-state index in [4.69, 9.17) is 16.2 Å². The predicted octanol–water partition coefficient (Wildman–Crippen LogP) is 1.78. The molecule has 0 amide bonds. The van der Waals surface area contributed by atoms with Crippen molar-refractivity contribution in [2.75, 3.05) is 12.3 Å². The topological polar surface area (TPSA) is 74.2 Å². The van der Waals surface area contributed by atoms with Gasteiger partial charge in [0.2, 0.25) is 0 Å². The standard InChI is InChI=1S/C16H19N3O/c17-14(9-12-5-3-7-19-16(12)18)13-8-11-4-1-2-6-15(11)20-10-13/h1-7,13-14H,8-10,17H2,(H2,18,19). The number of ether oxygens (including phenoxy) is 1. The first-order chi connectivity index (χ1) is 9.74. The van der Waals surface area contributed by atoms with Crippen LogP contribution in [0.4, 0.5) is 5.82 Å². The molecule has 0 bridgehead atoms. The normalized spacial score (nSPS) is 18.9. The molecule has 2 heterocycles. The number of pyridine rings is 1. The zero-order valence-corrected chi connectivity index (χ0v) is 11.3. The molecule has 20 heavy (non-hydrogen) atoms. The fraction of sp³-hybridized carbons (Fsp3) is 0.312. The van der Waals surface area contributed by atoms with E-state index in [2.05, 4.69) is 11.1 Å². The molecule has 4 nitrogen and oxygen atoms in total. The van der Waals surface area contributed by atoms with Gasteiger partial charge in [0, 0.05) is 18.2 Å². The first-order valence-electron chi connectivity index (χ1n) is 6.89. The predicted molar refractivity (Wildman–Crippen MR) is 79.5 cm³/mol. The summed E-state index contributed by atoms with van der Waals surface area (Å²) in [5.74, 6) is 1.86. The molecule has 2 aromatic rings. The Bertz CT molecular complexity index is 600. The Hall–Kier alpha value is -2.07. The maximum absolute atomic E-state index is 6.34. The van der Waals surface area contributed by atoms with E-state index in [9.17, 15) is 0 Å². The van der Waals surface area contributed by atoms with E-state index in [-0.39, 0.29) is 6.04 Å². The third kappa shape index (κ3) is 2.60. The number of aromatic nitrogens is 1. The van der Waals surface area contributed by atoms with Gasteiger partial charge >= 0.3 is 0 Å². The molecule has 0 radical (unpaired) electrons. The van der Waals surface area contributed by atoms with Gasteiger partial charge in [-0.25, -0.2) is 4.98 Å². The van der Waals surface area contributed by atoms with Crippen LogP contribution >= 0.6 is 0 Å². The monoisotopic (exact) mass is 269 g/mol. The molecule has 1 aliphatic heterocycles. The molecule has 0 spiro atoms. The minimum Gasteiger partial charge on any atom is -0.493 e. The SMILES string of the molecule is Nc1ncccc1CC(N)C1COc2ccccc2C1. The van der Waals surface area contributed by atoms with Crippen LogP contribution in [0.5, 0.6) is 5.75 Å². The lowest BCUT2D eigenvalue weighted by molar-refractivity contribution is 0.199. The second-order valence-corrected chi connectivity index (χ2v) is 5.30. The average molecular weight is 269 g/mol. The smallest absolute Gasteiger partial charge is 0.126 e. The highest BCUT2D eigenvalue weighted by Gasteiger charge is 2.25. The summed E-state index contributed by atoms with van der Waals surface area (Å²) in [7, 11) is 0. The Morgan fingerprint density at radius 3 is 2.95 bits per heavy atom. The van der Waals surface area contributed by atoms with Gasteiger partial charge in [-0.2, -0.15) is 0 Å². The van der Waals surface area contributed by atoms with Gasteiger partial charge < -0.3 is 16.2 Å². The zero-order valence-electron chi connectivity index (χ0n) is 11.3. The molecule has 2 atom stereocenters. The van der Waals surface area contributed by atoms with E-state index in [1.54, 1.807) is 6.20 Å². The van der Waals surface area contributed by atoms with Gasteiger partial charge in [-0.1, -0.05) is 24.3 Å². The van der Waals surface area contributed by atoms with Crippen molar-refractivity contribution in [2.24, 2.45) is 11.7 Å². The summed E-state index contributed by atoms with van der Waals surface area (Å²) in [6.45, 7) is 0.665. The molecule has 2 unspecified atom stereocenters. The van der Waals surface area contributed by atoms with Crippen LogP contribution in [0, 0.1) is 5.92 Å². The van der Waals surface area contributed by atoms with E-state index >= 15 is 0 Å². The number of anilines is 1. The van der Waals surface area contributed by atoms with E-state index < -0.39 is 0 Å². The number of hydrogen-bond acceptors (Lipinski definition) is 4.